The smallest absolute Gasteiger partial charge is 0.244 e. The van der Waals surface area contributed by atoms with Crippen LogP contribution in [0.15, 0.2) is 21.5 Å². The van der Waals surface area contributed by atoms with Gasteiger partial charge < -0.3 is 15.2 Å². The molecule has 1 unspecified atom stereocenters. The third kappa shape index (κ3) is 4.34. The van der Waals surface area contributed by atoms with Crippen molar-refractivity contribution in [2.75, 3.05) is 20.8 Å². The molecule has 1 aromatic rings. The van der Waals surface area contributed by atoms with Gasteiger partial charge in [0.15, 0.2) is 0 Å². The zero-order valence-corrected chi connectivity index (χ0v) is 14.0. The lowest BCUT2D eigenvalue weighted by Gasteiger charge is -2.14. The van der Waals surface area contributed by atoms with Gasteiger partial charge in [-0.3, -0.25) is 0 Å². The van der Waals surface area contributed by atoms with Gasteiger partial charge in [0.05, 0.1) is 18.7 Å². The molecule has 0 amide bonds. The summed E-state index contributed by atoms with van der Waals surface area (Å²) >= 11 is 3.28. The molecule has 0 aliphatic heterocycles. The van der Waals surface area contributed by atoms with Crippen LogP contribution in [0.1, 0.15) is 13.3 Å². The first kappa shape index (κ1) is 17.2. The van der Waals surface area contributed by atoms with Crippen LogP contribution in [-0.4, -0.2) is 35.2 Å². The molecular weight excluding hydrogens is 348 g/mol. The molecule has 0 radical (unpaired) electrons. The van der Waals surface area contributed by atoms with Gasteiger partial charge in [-0.1, -0.05) is 0 Å². The lowest BCUT2D eigenvalue weighted by atomic mass is 10.3. The number of hydrogen-bond acceptors (Lipinski definition) is 5. The molecule has 8 heteroatoms. The van der Waals surface area contributed by atoms with Crippen LogP contribution in [0.4, 0.5) is 0 Å². The molecule has 0 bridgehead atoms. The number of hydrogen-bond donors (Lipinski definition) is 2. The van der Waals surface area contributed by atoms with Crippen molar-refractivity contribution in [2.24, 2.45) is 5.73 Å². The van der Waals surface area contributed by atoms with Crippen LogP contribution < -0.4 is 19.9 Å². The molecule has 0 saturated heterocycles. The van der Waals surface area contributed by atoms with E-state index in [-0.39, 0.29) is 23.2 Å². The Bertz CT molecular complexity index is 561. The summed E-state index contributed by atoms with van der Waals surface area (Å²) in [5, 5.41) is 0. The van der Waals surface area contributed by atoms with Crippen molar-refractivity contribution in [2.45, 2.75) is 24.3 Å². The summed E-state index contributed by atoms with van der Waals surface area (Å²) in [6, 6.07) is 2.90. The SMILES string of the molecule is COc1cc(S(=O)(=O)NCCC(C)N)c(OC)cc1Br. The second-order valence-corrected chi connectivity index (χ2v) is 6.89. The van der Waals surface area contributed by atoms with Crippen molar-refractivity contribution < 1.29 is 17.9 Å². The van der Waals surface area contributed by atoms with E-state index in [1.165, 1.54) is 20.3 Å². The van der Waals surface area contributed by atoms with Crippen LogP contribution in [0.5, 0.6) is 11.5 Å². The van der Waals surface area contributed by atoms with Crippen LogP contribution in [0, 0.1) is 0 Å². The molecule has 0 aromatic heterocycles. The molecule has 114 valence electrons. The minimum Gasteiger partial charge on any atom is -0.496 e. The third-order valence-corrected chi connectivity index (χ3v) is 4.72. The van der Waals surface area contributed by atoms with E-state index in [0.717, 1.165) is 0 Å². The minimum atomic E-state index is -3.68. The molecule has 20 heavy (non-hydrogen) atoms. The van der Waals surface area contributed by atoms with Gasteiger partial charge in [0, 0.05) is 18.7 Å². The standard InChI is InChI=1S/C12H19BrN2O4S/c1-8(14)4-5-15-20(16,17)12-7-10(18-2)9(13)6-11(12)19-3/h6-8,15H,4-5,14H2,1-3H3. The summed E-state index contributed by atoms with van der Waals surface area (Å²) in [6.45, 7) is 2.08. The van der Waals surface area contributed by atoms with Crippen LogP contribution in [-0.2, 0) is 10.0 Å². The molecule has 1 rings (SSSR count). The Balaban J connectivity index is 3.09. The molecule has 6 nitrogen and oxygen atoms in total. The molecule has 3 N–H and O–H groups in total. The van der Waals surface area contributed by atoms with E-state index < -0.39 is 10.0 Å². The zero-order chi connectivity index (χ0) is 15.3. The van der Waals surface area contributed by atoms with E-state index in [9.17, 15) is 8.42 Å². The predicted octanol–water partition coefficient (Wildman–Crippen LogP) is 1.48. The fourth-order valence-corrected chi connectivity index (χ4v) is 3.24. The van der Waals surface area contributed by atoms with Gasteiger partial charge in [0.2, 0.25) is 10.0 Å². The number of methoxy groups -OCH3 is 2. The number of rotatable bonds is 7. The highest BCUT2D eigenvalue weighted by Crippen LogP contribution is 2.35. The first-order chi connectivity index (χ1) is 9.31. The summed E-state index contributed by atoms with van der Waals surface area (Å²) in [5.41, 5.74) is 5.60. The van der Waals surface area contributed by atoms with Crippen molar-refractivity contribution in [1.29, 1.82) is 0 Å². The number of nitrogens with one attached hydrogen (secondary N) is 1. The van der Waals surface area contributed by atoms with E-state index >= 15 is 0 Å². The van der Waals surface area contributed by atoms with Gasteiger partial charge >= 0.3 is 0 Å². The first-order valence-electron chi connectivity index (χ1n) is 5.98. The monoisotopic (exact) mass is 366 g/mol. The molecule has 1 aromatic carbocycles. The Kier molecular flexibility index (Phi) is 6.25. The lowest BCUT2D eigenvalue weighted by Crippen LogP contribution is -2.29. The summed E-state index contributed by atoms with van der Waals surface area (Å²) in [4.78, 5) is 0.0322. The molecule has 0 heterocycles. The zero-order valence-electron chi connectivity index (χ0n) is 11.6. The largest absolute Gasteiger partial charge is 0.496 e. The average Bonchev–Trinajstić information content (AvgIpc) is 2.37. The summed E-state index contributed by atoms with van der Waals surface area (Å²) in [7, 11) is -0.803. The normalized spacial score (nSPS) is 13.1. The number of sulfonamides is 1. The second-order valence-electron chi connectivity index (χ2n) is 4.30. The van der Waals surface area contributed by atoms with Crippen molar-refractivity contribution in [3.63, 3.8) is 0 Å². The minimum absolute atomic E-state index is 0.0322. The fraction of sp³-hybridized carbons (Fsp3) is 0.500. The molecule has 0 aliphatic carbocycles. The molecule has 1 atom stereocenters. The van der Waals surface area contributed by atoms with Gasteiger partial charge in [0.1, 0.15) is 16.4 Å². The summed E-state index contributed by atoms with van der Waals surface area (Å²) in [6.07, 6.45) is 0.551. The van der Waals surface area contributed by atoms with Crippen molar-refractivity contribution >= 4 is 26.0 Å². The predicted molar refractivity (Wildman–Crippen MR) is 80.7 cm³/mol. The van der Waals surface area contributed by atoms with Crippen molar-refractivity contribution in [1.82, 2.24) is 4.72 Å². The van der Waals surface area contributed by atoms with Crippen molar-refractivity contribution in [3.8, 4) is 11.5 Å². The fourth-order valence-electron chi connectivity index (χ4n) is 1.54. The Morgan fingerprint density at radius 1 is 1.30 bits per heavy atom. The lowest BCUT2D eigenvalue weighted by molar-refractivity contribution is 0.390. The third-order valence-electron chi connectivity index (χ3n) is 2.62. The summed E-state index contributed by atoms with van der Waals surface area (Å²) in [5.74, 6) is 0.657. The van der Waals surface area contributed by atoms with Gasteiger partial charge in [-0.05, 0) is 35.3 Å². The van der Waals surface area contributed by atoms with Crippen LogP contribution in [0.2, 0.25) is 0 Å². The quantitative estimate of drug-likeness (QED) is 0.762. The van der Waals surface area contributed by atoms with Gasteiger partial charge in [-0.2, -0.15) is 0 Å². The van der Waals surface area contributed by atoms with Gasteiger partial charge in [-0.15, -0.1) is 0 Å². The molecule has 0 fully saturated rings. The maximum atomic E-state index is 12.3. The molecular formula is C12H19BrN2O4S. The Hall–Kier alpha value is -0.830. The van der Waals surface area contributed by atoms with Gasteiger partial charge in [0.25, 0.3) is 0 Å². The maximum absolute atomic E-state index is 12.3. The highest BCUT2D eigenvalue weighted by molar-refractivity contribution is 9.10. The van der Waals surface area contributed by atoms with Crippen LogP contribution in [0.25, 0.3) is 0 Å². The Morgan fingerprint density at radius 2 is 1.90 bits per heavy atom. The Labute approximate surface area is 127 Å². The highest BCUT2D eigenvalue weighted by Gasteiger charge is 2.21. The molecule has 0 saturated carbocycles. The van der Waals surface area contributed by atoms with Crippen LogP contribution >= 0.6 is 15.9 Å². The van der Waals surface area contributed by atoms with E-state index in [0.29, 0.717) is 16.6 Å². The van der Waals surface area contributed by atoms with E-state index in [4.69, 9.17) is 15.2 Å². The van der Waals surface area contributed by atoms with Gasteiger partial charge in [-0.25, -0.2) is 13.1 Å². The summed E-state index contributed by atoms with van der Waals surface area (Å²) < 4.78 is 37.9. The number of halogens is 1. The van der Waals surface area contributed by atoms with Crippen LogP contribution in [0.3, 0.4) is 0 Å². The Morgan fingerprint density at radius 3 is 2.40 bits per heavy atom. The van der Waals surface area contributed by atoms with Crippen molar-refractivity contribution in [3.05, 3.63) is 16.6 Å². The molecule has 0 spiro atoms. The number of benzene rings is 1. The number of ether oxygens (including phenoxy) is 2. The second kappa shape index (κ2) is 7.26. The molecule has 0 aliphatic rings. The van der Waals surface area contributed by atoms with E-state index in [2.05, 4.69) is 20.7 Å². The van der Waals surface area contributed by atoms with E-state index in [1.807, 2.05) is 6.92 Å². The topological polar surface area (TPSA) is 90.7 Å². The highest BCUT2D eigenvalue weighted by atomic mass is 79.9. The maximum Gasteiger partial charge on any atom is 0.244 e. The first-order valence-corrected chi connectivity index (χ1v) is 8.26. The van der Waals surface area contributed by atoms with E-state index in [1.54, 1.807) is 6.07 Å². The average molecular weight is 367 g/mol. The number of nitrogens with two attached hydrogens (primary N) is 1.